The molecule has 1 aromatic carbocycles. The number of methoxy groups -OCH3 is 1. The summed E-state index contributed by atoms with van der Waals surface area (Å²) in [4.78, 5) is 27.4. The molecule has 1 aliphatic heterocycles. The van der Waals surface area contributed by atoms with Crippen LogP contribution in [0.15, 0.2) is 53.2 Å². The van der Waals surface area contributed by atoms with E-state index in [1.807, 2.05) is 35.0 Å². The largest absolute Gasteiger partial charge is 0.367 e. The van der Waals surface area contributed by atoms with Gasteiger partial charge in [0.2, 0.25) is 0 Å². The lowest BCUT2D eigenvalue weighted by Crippen LogP contribution is -2.39. The second-order valence-electron chi connectivity index (χ2n) is 8.13. The Bertz CT molecular complexity index is 1070. The minimum absolute atomic E-state index is 0.0741. The quantitative estimate of drug-likeness (QED) is 0.561. The van der Waals surface area contributed by atoms with E-state index >= 15 is 0 Å². The Morgan fingerprint density at radius 1 is 1.21 bits per heavy atom. The van der Waals surface area contributed by atoms with Gasteiger partial charge < -0.3 is 19.5 Å². The Hall–Kier alpha value is -3.46. The van der Waals surface area contributed by atoms with E-state index in [9.17, 15) is 9.59 Å². The number of hydrogen-bond acceptors (Lipinski definition) is 6. The summed E-state index contributed by atoms with van der Waals surface area (Å²) in [6, 6.07) is 12.9. The summed E-state index contributed by atoms with van der Waals surface area (Å²) in [5.41, 5.74) is 1.14. The maximum Gasteiger partial charge on any atom is 0.276 e. The molecule has 2 aromatic heterocycles. The van der Waals surface area contributed by atoms with Crippen molar-refractivity contribution in [2.45, 2.75) is 44.8 Å². The number of piperidine rings is 1. The molecule has 2 amide bonds. The maximum absolute atomic E-state index is 12.9. The van der Waals surface area contributed by atoms with Gasteiger partial charge in [-0.15, -0.1) is 0 Å². The zero-order valence-electron chi connectivity index (χ0n) is 18.9. The molecule has 1 saturated heterocycles. The van der Waals surface area contributed by atoms with Crippen LogP contribution < -0.4 is 5.32 Å². The molecule has 0 radical (unpaired) electrons. The van der Waals surface area contributed by atoms with Crippen molar-refractivity contribution < 1.29 is 18.8 Å². The molecule has 1 atom stereocenters. The normalized spacial score (nSPS) is 15.4. The van der Waals surface area contributed by atoms with Gasteiger partial charge in [0.25, 0.3) is 11.8 Å². The first kappa shape index (κ1) is 22.7. The van der Waals surface area contributed by atoms with Crippen molar-refractivity contribution in [3.63, 3.8) is 0 Å². The lowest BCUT2D eigenvalue weighted by Gasteiger charge is -2.32. The molecule has 9 nitrogen and oxygen atoms in total. The van der Waals surface area contributed by atoms with Crippen LogP contribution in [0.2, 0.25) is 0 Å². The fourth-order valence-electron chi connectivity index (χ4n) is 4.17. The summed E-state index contributed by atoms with van der Waals surface area (Å²) in [5, 5.41) is 11.3. The van der Waals surface area contributed by atoms with E-state index in [0.717, 1.165) is 37.0 Å². The predicted molar refractivity (Wildman–Crippen MR) is 122 cm³/mol. The summed E-state index contributed by atoms with van der Waals surface area (Å²) in [7, 11) is 1.52. The number of aromatic nitrogens is 3. The molecule has 1 N–H and O–H groups in total. The van der Waals surface area contributed by atoms with Gasteiger partial charge in [-0.3, -0.25) is 9.59 Å². The topological polar surface area (TPSA) is 102 Å². The average Bonchev–Trinajstić information content (AvgIpc) is 3.50. The molecular formula is C24H29N5O4. The van der Waals surface area contributed by atoms with Crippen molar-refractivity contribution >= 4 is 17.6 Å². The van der Waals surface area contributed by atoms with Crippen molar-refractivity contribution in [3.8, 4) is 0 Å². The number of benzene rings is 1. The van der Waals surface area contributed by atoms with Crippen LogP contribution in [-0.2, 0) is 16.0 Å². The van der Waals surface area contributed by atoms with Gasteiger partial charge in [0.05, 0.1) is 12.2 Å². The molecule has 0 aliphatic carbocycles. The van der Waals surface area contributed by atoms with Crippen molar-refractivity contribution in [1.82, 2.24) is 19.8 Å². The maximum atomic E-state index is 12.9. The van der Waals surface area contributed by atoms with E-state index in [1.54, 1.807) is 23.2 Å². The smallest absolute Gasteiger partial charge is 0.276 e. The molecule has 0 saturated carbocycles. The first-order chi connectivity index (χ1) is 16.1. The summed E-state index contributed by atoms with van der Waals surface area (Å²) in [6.07, 6.45) is 4.11. The van der Waals surface area contributed by atoms with Gasteiger partial charge in [-0.1, -0.05) is 42.4 Å². The number of amides is 2. The zero-order valence-corrected chi connectivity index (χ0v) is 18.9. The molecule has 1 aliphatic rings. The summed E-state index contributed by atoms with van der Waals surface area (Å²) < 4.78 is 12.5. The third-order valence-corrected chi connectivity index (χ3v) is 5.87. The molecule has 0 spiro atoms. The van der Waals surface area contributed by atoms with Crippen molar-refractivity contribution in [3.05, 3.63) is 65.7 Å². The van der Waals surface area contributed by atoms with Gasteiger partial charge >= 0.3 is 0 Å². The highest BCUT2D eigenvalue weighted by atomic mass is 16.5. The van der Waals surface area contributed by atoms with Gasteiger partial charge in [-0.05, 0) is 24.8 Å². The summed E-state index contributed by atoms with van der Waals surface area (Å²) in [5.74, 6) is 0.979. The molecule has 4 rings (SSSR count). The third-order valence-electron chi connectivity index (χ3n) is 5.87. The van der Waals surface area contributed by atoms with E-state index < -0.39 is 6.10 Å². The van der Waals surface area contributed by atoms with Gasteiger partial charge in [-0.2, -0.15) is 5.10 Å². The molecule has 1 fully saturated rings. The standard InChI is InChI=1S/C24H29N5O4/c1-3-7-19-16-20(27-33-19)24(31)28-14-11-18(12-15-28)29-21(10-13-25-29)26-23(30)22(32-2)17-8-5-4-6-9-17/h4-6,8-10,13,16,18,22H,3,7,11-12,14-15H2,1-2H3,(H,26,30)/t22-/m0/s1. The minimum Gasteiger partial charge on any atom is -0.367 e. The second-order valence-corrected chi connectivity index (χ2v) is 8.13. The Balaban J connectivity index is 1.37. The summed E-state index contributed by atoms with van der Waals surface area (Å²) >= 11 is 0. The van der Waals surface area contributed by atoms with Gasteiger partial charge in [-0.25, -0.2) is 4.68 Å². The van der Waals surface area contributed by atoms with Crippen LogP contribution in [0.4, 0.5) is 5.82 Å². The van der Waals surface area contributed by atoms with Gasteiger partial charge in [0, 0.05) is 38.8 Å². The number of likely N-dealkylation sites (tertiary alicyclic amines) is 1. The van der Waals surface area contributed by atoms with Gasteiger partial charge in [0.15, 0.2) is 11.8 Å². The van der Waals surface area contributed by atoms with E-state index in [1.165, 1.54) is 7.11 Å². The first-order valence-electron chi connectivity index (χ1n) is 11.3. The fourth-order valence-corrected chi connectivity index (χ4v) is 4.17. The summed E-state index contributed by atoms with van der Waals surface area (Å²) in [6.45, 7) is 3.21. The molecule has 174 valence electrons. The molecule has 0 bridgehead atoms. The highest BCUT2D eigenvalue weighted by Gasteiger charge is 2.29. The lowest BCUT2D eigenvalue weighted by molar-refractivity contribution is -0.126. The first-order valence-corrected chi connectivity index (χ1v) is 11.3. The number of carbonyl (C=O) groups excluding carboxylic acids is 2. The zero-order chi connectivity index (χ0) is 23.2. The number of carbonyl (C=O) groups is 2. The second kappa shape index (κ2) is 10.4. The SMILES string of the molecule is CCCc1cc(C(=O)N2CCC(n3nccc3NC(=O)[C@@H](OC)c3ccccc3)CC2)no1. The van der Waals surface area contributed by atoms with Crippen LogP contribution in [0.3, 0.4) is 0 Å². The Labute approximate surface area is 192 Å². The Morgan fingerprint density at radius 3 is 2.67 bits per heavy atom. The third kappa shape index (κ3) is 5.14. The Kier molecular flexibility index (Phi) is 7.19. The molecule has 9 heteroatoms. The number of ether oxygens (including phenoxy) is 1. The van der Waals surface area contributed by atoms with Crippen LogP contribution in [0.1, 0.15) is 60.1 Å². The van der Waals surface area contributed by atoms with E-state index in [0.29, 0.717) is 24.6 Å². The number of anilines is 1. The highest BCUT2D eigenvalue weighted by Crippen LogP contribution is 2.27. The van der Waals surface area contributed by atoms with Crippen molar-refractivity contribution in [1.29, 1.82) is 0 Å². The van der Waals surface area contributed by atoms with Crippen molar-refractivity contribution in [2.24, 2.45) is 0 Å². The predicted octanol–water partition coefficient (Wildman–Crippen LogP) is 3.63. The van der Waals surface area contributed by atoms with Gasteiger partial charge in [0.1, 0.15) is 11.6 Å². The fraction of sp³-hybridized carbons (Fsp3) is 0.417. The molecule has 33 heavy (non-hydrogen) atoms. The number of nitrogens with one attached hydrogen (secondary N) is 1. The average molecular weight is 452 g/mol. The minimum atomic E-state index is -0.714. The van der Waals surface area contributed by atoms with Crippen molar-refractivity contribution in [2.75, 3.05) is 25.5 Å². The molecule has 3 heterocycles. The number of aryl methyl sites for hydroxylation is 1. The van der Waals surface area contributed by atoms with E-state index in [4.69, 9.17) is 9.26 Å². The number of hydrogen-bond donors (Lipinski definition) is 1. The van der Waals surface area contributed by atoms with Crippen LogP contribution >= 0.6 is 0 Å². The van der Waals surface area contributed by atoms with Crippen LogP contribution in [0, 0.1) is 0 Å². The van der Waals surface area contributed by atoms with Crippen LogP contribution in [-0.4, -0.2) is 51.9 Å². The molecule has 0 unspecified atom stereocenters. The Morgan fingerprint density at radius 2 is 1.97 bits per heavy atom. The highest BCUT2D eigenvalue weighted by molar-refractivity contribution is 5.94. The number of nitrogens with zero attached hydrogens (tertiary/aromatic N) is 4. The number of rotatable bonds is 8. The van der Waals surface area contributed by atoms with Crippen LogP contribution in [0.25, 0.3) is 0 Å². The lowest BCUT2D eigenvalue weighted by atomic mass is 10.0. The molecule has 3 aromatic rings. The van der Waals surface area contributed by atoms with Crippen LogP contribution in [0.5, 0.6) is 0 Å². The van der Waals surface area contributed by atoms with E-state index in [-0.39, 0.29) is 17.9 Å². The molecular weight excluding hydrogens is 422 g/mol. The monoisotopic (exact) mass is 451 g/mol. The van der Waals surface area contributed by atoms with E-state index in [2.05, 4.69) is 22.5 Å².